The van der Waals surface area contributed by atoms with Crippen molar-refractivity contribution in [2.24, 2.45) is 0 Å². The summed E-state index contributed by atoms with van der Waals surface area (Å²) in [6.45, 7) is -0.269. The van der Waals surface area contributed by atoms with Crippen LogP contribution in [-0.2, 0) is 4.79 Å². The number of amides is 1. The van der Waals surface area contributed by atoms with Crippen molar-refractivity contribution in [1.82, 2.24) is 0 Å². The first-order valence-electron chi connectivity index (χ1n) is 5.78. The average Bonchev–Trinajstić information content (AvgIpc) is 2.44. The van der Waals surface area contributed by atoms with E-state index in [4.69, 9.17) is 39.5 Å². The van der Waals surface area contributed by atoms with E-state index in [1.807, 2.05) is 0 Å². The van der Waals surface area contributed by atoms with E-state index in [9.17, 15) is 9.18 Å². The summed E-state index contributed by atoms with van der Waals surface area (Å²) < 4.78 is 18.0. The molecule has 0 atom stereocenters. The standard InChI is InChI=1S/C14H9Cl3FNO2/c15-10-5-12(17)13(6-11(10)16)21-7-14(20)19-9-3-1-8(18)2-4-9/h1-6H,7H2,(H,19,20). The second-order valence-electron chi connectivity index (χ2n) is 4.04. The second kappa shape index (κ2) is 6.98. The Kier molecular flexibility index (Phi) is 5.28. The minimum Gasteiger partial charge on any atom is -0.482 e. The largest absolute Gasteiger partial charge is 0.482 e. The molecule has 0 aliphatic carbocycles. The molecule has 7 heteroatoms. The molecule has 0 saturated heterocycles. The van der Waals surface area contributed by atoms with E-state index in [0.29, 0.717) is 10.7 Å². The van der Waals surface area contributed by atoms with Crippen LogP contribution in [0.1, 0.15) is 0 Å². The van der Waals surface area contributed by atoms with Crippen LogP contribution in [0.4, 0.5) is 10.1 Å². The summed E-state index contributed by atoms with van der Waals surface area (Å²) in [7, 11) is 0. The molecule has 0 bridgehead atoms. The fourth-order valence-electron chi connectivity index (χ4n) is 1.49. The zero-order valence-corrected chi connectivity index (χ0v) is 12.8. The number of benzene rings is 2. The normalized spacial score (nSPS) is 10.3. The first-order valence-corrected chi connectivity index (χ1v) is 6.92. The highest BCUT2D eigenvalue weighted by molar-refractivity contribution is 6.43. The van der Waals surface area contributed by atoms with E-state index < -0.39 is 5.91 Å². The van der Waals surface area contributed by atoms with Crippen LogP contribution in [0.2, 0.25) is 15.1 Å². The Morgan fingerprint density at radius 3 is 2.33 bits per heavy atom. The lowest BCUT2D eigenvalue weighted by atomic mass is 10.3. The Hall–Kier alpha value is -1.49. The highest BCUT2D eigenvalue weighted by Crippen LogP contribution is 2.33. The Morgan fingerprint density at radius 2 is 1.67 bits per heavy atom. The van der Waals surface area contributed by atoms with E-state index >= 15 is 0 Å². The van der Waals surface area contributed by atoms with Crippen molar-refractivity contribution in [2.75, 3.05) is 11.9 Å². The highest BCUT2D eigenvalue weighted by Gasteiger charge is 2.09. The van der Waals surface area contributed by atoms with Crippen LogP contribution in [0.15, 0.2) is 36.4 Å². The van der Waals surface area contributed by atoms with Crippen LogP contribution in [0, 0.1) is 5.82 Å². The third-order valence-electron chi connectivity index (χ3n) is 2.46. The quantitative estimate of drug-likeness (QED) is 0.806. The molecule has 3 nitrogen and oxygen atoms in total. The van der Waals surface area contributed by atoms with E-state index in [1.165, 1.54) is 36.4 Å². The van der Waals surface area contributed by atoms with E-state index in [1.54, 1.807) is 0 Å². The van der Waals surface area contributed by atoms with E-state index in [0.717, 1.165) is 0 Å². The van der Waals surface area contributed by atoms with Gasteiger partial charge in [0.15, 0.2) is 6.61 Å². The van der Waals surface area contributed by atoms with Gasteiger partial charge in [-0.05, 0) is 30.3 Å². The molecule has 0 radical (unpaired) electrons. The molecule has 0 fully saturated rings. The summed E-state index contributed by atoms with van der Waals surface area (Å²) in [6.07, 6.45) is 0. The zero-order chi connectivity index (χ0) is 15.4. The predicted molar refractivity (Wildman–Crippen MR) is 82.0 cm³/mol. The molecule has 0 aromatic heterocycles. The van der Waals surface area contributed by atoms with Crippen molar-refractivity contribution in [3.05, 3.63) is 57.3 Å². The summed E-state index contributed by atoms with van der Waals surface area (Å²) in [5.41, 5.74) is 0.463. The molecule has 2 aromatic rings. The molecule has 0 saturated carbocycles. The number of hydrogen-bond donors (Lipinski definition) is 1. The molecule has 0 unspecified atom stereocenters. The monoisotopic (exact) mass is 347 g/mol. The van der Waals surface area contributed by atoms with Gasteiger partial charge in [-0.2, -0.15) is 0 Å². The summed E-state index contributed by atoms with van der Waals surface area (Å²) in [6, 6.07) is 8.23. The lowest BCUT2D eigenvalue weighted by Crippen LogP contribution is -2.20. The second-order valence-corrected chi connectivity index (χ2v) is 5.26. The van der Waals surface area contributed by atoms with Gasteiger partial charge >= 0.3 is 0 Å². The lowest BCUT2D eigenvalue weighted by Gasteiger charge is -2.09. The van der Waals surface area contributed by atoms with Gasteiger partial charge in [-0.1, -0.05) is 34.8 Å². The number of nitrogens with one attached hydrogen (secondary N) is 1. The van der Waals surface area contributed by atoms with Crippen molar-refractivity contribution in [3.8, 4) is 5.75 Å². The van der Waals surface area contributed by atoms with Gasteiger partial charge in [0, 0.05) is 11.8 Å². The molecule has 2 aromatic carbocycles. The Morgan fingerprint density at radius 1 is 1.05 bits per heavy atom. The summed E-state index contributed by atoms with van der Waals surface area (Å²) in [4.78, 5) is 11.7. The van der Waals surface area contributed by atoms with Crippen LogP contribution in [0.25, 0.3) is 0 Å². The number of anilines is 1. The van der Waals surface area contributed by atoms with Gasteiger partial charge in [-0.15, -0.1) is 0 Å². The lowest BCUT2D eigenvalue weighted by molar-refractivity contribution is -0.118. The van der Waals surface area contributed by atoms with Gasteiger partial charge in [0.05, 0.1) is 15.1 Å². The summed E-state index contributed by atoms with van der Waals surface area (Å²) in [5.74, 6) is -0.545. The Bertz CT molecular complexity index is 662. The molecule has 2 rings (SSSR count). The third kappa shape index (κ3) is 4.49. The van der Waals surface area contributed by atoms with E-state index in [2.05, 4.69) is 5.32 Å². The maximum absolute atomic E-state index is 12.7. The van der Waals surface area contributed by atoms with Crippen LogP contribution >= 0.6 is 34.8 Å². The molecular weight excluding hydrogens is 340 g/mol. The molecule has 0 aliphatic rings. The van der Waals surface area contributed by atoms with Gasteiger partial charge in [-0.3, -0.25) is 4.79 Å². The first-order chi connectivity index (χ1) is 9.95. The summed E-state index contributed by atoms with van der Waals surface area (Å²) >= 11 is 17.5. The number of ether oxygens (including phenoxy) is 1. The van der Waals surface area contributed by atoms with Crippen LogP contribution in [0.5, 0.6) is 5.75 Å². The molecule has 21 heavy (non-hydrogen) atoms. The minimum absolute atomic E-state index is 0.249. The third-order valence-corrected chi connectivity index (χ3v) is 3.48. The molecule has 0 spiro atoms. The van der Waals surface area contributed by atoms with Crippen molar-refractivity contribution in [2.45, 2.75) is 0 Å². The van der Waals surface area contributed by atoms with Crippen LogP contribution in [0.3, 0.4) is 0 Å². The summed E-state index contributed by atoms with van der Waals surface area (Å²) in [5, 5.41) is 3.37. The van der Waals surface area contributed by atoms with Gasteiger partial charge < -0.3 is 10.1 Å². The van der Waals surface area contributed by atoms with E-state index in [-0.39, 0.29) is 28.2 Å². The highest BCUT2D eigenvalue weighted by atomic mass is 35.5. The minimum atomic E-state index is -0.413. The molecule has 0 aliphatic heterocycles. The van der Waals surface area contributed by atoms with Gasteiger partial charge in [0.1, 0.15) is 11.6 Å². The first kappa shape index (κ1) is 15.9. The maximum Gasteiger partial charge on any atom is 0.262 e. The van der Waals surface area contributed by atoms with Gasteiger partial charge in [0.25, 0.3) is 5.91 Å². The van der Waals surface area contributed by atoms with Crippen molar-refractivity contribution < 1.29 is 13.9 Å². The molecule has 1 amide bonds. The van der Waals surface area contributed by atoms with Gasteiger partial charge in [-0.25, -0.2) is 4.39 Å². The maximum atomic E-state index is 12.7. The smallest absolute Gasteiger partial charge is 0.262 e. The van der Waals surface area contributed by atoms with Crippen LogP contribution in [-0.4, -0.2) is 12.5 Å². The fraction of sp³-hybridized carbons (Fsp3) is 0.0714. The van der Waals surface area contributed by atoms with Crippen LogP contribution < -0.4 is 10.1 Å². The number of hydrogen-bond acceptors (Lipinski definition) is 2. The molecule has 0 heterocycles. The van der Waals surface area contributed by atoms with Crippen molar-refractivity contribution in [1.29, 1.82) is 0 Å². The fourth-order valence-corrected chi connectivity index (χ4v) is 2.08. The number of carbonyl (C=O) groups excluding carboxylic acids is 1. The predicted octanol–water partition coefficient (Wildman–Crippen LogP) is 4.80. The SMILES string of the molecule is O=C(COc1cc(Cl)c(Cl)cc1Cl)Nc1ccc(F)cc1. The average molecular weight is 349 g/mol. The number of carbonyl (C=O) groups is 1. The molecule has 110 valence electrons. The number of halogens is 4. The molecular formula is C14H9Cl3FNO2. The number of rotatable bonds is 4. The van der Waals surface area contributed by atoms with Crippen molar-refractivity contribution in [3.63, 3.8) is 0 Å². The molecule has 1 N–H and O–H groups in total. The topological polar surface area (TPSA) is 38.3 Å². The van der Waals surface area contributed by atoms with Gasteiger partial charge in [0.2, 0.25) is 0 Å². The van der Waals surface area contributed by atoms with Crippen molar-refractivity contribution >= 4 is 46.4 Å². The Balaban J connectivity index is 1.95. The Labute approximate surface area is 135 Å². The zero-order valence-electron chi connectivity index (χ0n) is 10.5.